The number of amides is 1. The van der Waals surface area contributed by atoms with Gasteiger partial charge in [-0.3, -0.25) is 14.2 Å². The summed E-state index contributed by atoms with van der Waals surface area (Å²) in [4.78, 5) is 33.5. The fourth-order valence-electron chi connectivity index (χ4n) is 2.44. The Bertz CT molecular complexity index is 998. The first-order valence-corrected chi connectivity index (χ1v) is 8.84. The molecule has 0 bridgehead atoms. The summed E-state index contributed by atoms with van der Waals surface area (Å²) in [5.74, 6) is -0.300. The van der Waals surface area contributed by atoms with Gasteiger partial charge in [-0.1, -0.05) is 32.9 Å². The Kier molecular flexibility index (Phi) is 4.43. The number of nitrogens with zero attached hydrogens (tertiary/aromatic N) is 3. The molecule has 25 heavy (non-hydrogen) atoms. The molecule has 1 amide bonds. The number of para-hydroxylation sites is 1. The second-order valence-corrected chi connectivity index (χ2v) is 7.84. The SMILES string of the molecule is Cc1cccc2c(=O)n(CC(=O)Nc3nc(C(C)(C)C)cs3)cnc12. The van der Waals surface area contributed by atoms with Gasteiger partial charge >= 0.3 is 0 Å². The summed E-state index contributed by atoms with van der Waals surface area (Å²) in [7, 11) is 0. The van der Waals surface area contributed by atoms with Crippen LogP contribution in [-0.2, 0) is 16.8 Å². The molecule has 0 fully saturated rings. The molecule has 0 atom stereocenters. The molecule has 2 aromatic heterocycles. The number of hydrogen-bond acceptors (Lipinski definition) is 5. The van der Waals surface area contributed by atoms with E-state index in [1.807, 2.05) is 24.4 Å². The number of aromatic nitrogens is 3. The lowest BCUT2D eigenvalue weighted by Gasteiger charge is -2.14. The maximum atomic E-state index is 12.5. The van der Waals surface area contributed by atoms with Gasteiger partial charge in [0.1, 0.15) is 6.54 Å². The van der Waals surface area contributed by atoms with Gasteiger partial charge in [0.05, 0.1) is 22.9 Å². The van der Waals surface area contributed by atoms with Crippen LogP contribution in [0.2, 0.25) is 0 Å². The van der Waals surface area contributed by atoms with Crippen molar-refractivity contribution in [2.24, 2.45) is 0 Å². The van der Waals surface area contributed by atoms with Crippen molar-refractivity contribution >= 4 is 33.3 Å². The average molecular weight is 356 g/mol. The number of anilines is 1. The van der Waals surface area contributed by atoms with Gasteiger partial charge in [-0.05, 0) is 18.6 Å². The molecule has 3 aromatic rings. The summed E-state index contributed by atoms with van der Waals surface area (Å²) in [6.07, 6.45) is 1.42. The highest BCUT2D eigenvalue weighted by Gasteiger charge is 2.18. The molecule has 6 nitrogen and oxygen atoms in total. The predicted octanol–water partition coefficient (Wildman–Crippen LogP) is 3.10. The molecule has 2 heterocycles. The number of thiazole rings is 1. The highest BCUT2D eigenvalue weighted by atomic mass is 32.1. The first kappa shape index (κ1) is 17.3. The largest absolute Gasteiger partial charge is 0.300 e. The Morgan fingerprint density at radius 3 is 2.76 bits per heavy atom. The summed E-state index contributed by atoms with van der Waals surface area (Å²) < 4.78 is 1.31. The van der Waals surface area contributed by atoms with Crippen molar-refractivity contribution in [3.8, 4) is 0 Å². The van der Waals surface area contributed by atoms with Crippen molar-refractivity contribution < 1.29 is 4.79 Å². The van der Waals surface area contributed by atoms with E-state index in [0.29, 0.717) is 16.0 Å². The monoisotopic (exact) mass is 356 g/mol. The molecule has 7 heteroatoms. The van der Waals surface area contributed by atoms with Crippen LogP contribution in [0.1, 0.15) is 32.0 Å². The maximum Gasteiger partial charge on any atom is 0.261 e. The number of fused-ring (bicyclic) bond motifs is 1. The van der Waals surface area contributed by atoms with E-state index in [-0.39, 0.29) is 23.4 Å². The summed E-state index contributed by atoms with van der Waals surface area (Å²) >= 11 is 1.38. The Morgan fingerprint density at radius 2 is 2.08 bits per heavy atom. The van der Waals surface area contributed by atoms with Crippen molar-refractivity contribution in [1.82, 2.24) is 14.5 Å². The van der Waals surface area contributed by atoms with Gasteiger partial charge in [0, 0.05) is 10.8 Å². The molecule has 0 aliphatic rings. The molecule has 1 aromatic carbocycles. The smallest absolute Gasteiger partial charge is 0.261 e. The average Bonchev–Trinajstić information content (AvgIpc) is 2.99. The normalized spacial score (nSPS) is 11.7. The Labute approximate surface area is 149 Å². The van der Waals surface area contributed by atoms with E-state index in [2.05, 4.69) is 36.1 Å². The maximum absolute atomic E-state index is 12.5. The van der Waals surface area contributed by atoms with Crippen molar-refractivity contribution in [2.75, 3.05) is 5.32 Å². The number of hydrogen-bond donors (Lipinski definition) is 1. The zero-order valence-electron chi connectivity index (χ0n) is 14.7. The quantitative estimate of drug-likeness (QED) is 0.782. The van der Waals surface area contributed by atoms with Crippen LogP contribution in [0.15, 0.2) is 34.7 Å². The van der Waals surface area contributed by atoms with Crippen LogP contribution in [0.5, 0.6) is 0 Å². The topological polar surface area (TPSA) is 76.9 Å². The van der Waals surface area contributed by atoms with Crippen LogP contribution in [0, 0.1) is 6.92 Å². The van der Waals surface area contributed by atoms with Crippen LogP contribution in [0.25, 0.3) is 10.9 Å². The second-order valence-electron chi connectivity index (χ2n) is 6.98. The zero-order valence-corrected chi connectivity index (χ0v) is 15.5. The lowest BCUT2D eigenvalue weighted by atomic mass is 9.93. The highest BCUT2D eigenvalue weighted by molar-refractivity contribution is 7.13. The van der Waals surface area contributed by atoms with Crippen LogP contribution in [0.3, 0.4) is 0 Å². The van der Waals surface area contributed by atoms with Gasteiger partial charge in [-0.2, -0.15) is 0 Å². The number of carbonyl (C=O) groups is 1. The third-order valence-corrected chi connectivity index (χ3v) is 4.65. The van der Waals surface area contributed by atoms with Crippen molar-refractivity contribution in [3.63, 3.8) is 0 Å². The molecular weight excluding hydrogens is 336 g/mol. The summed E-state index contributed by atoms with van der Waals surface area (Å²) in [5.41, 5.74) is 2.23. The predicted molar refractivity (Wildman–Crippen MR) is 100 cm³/mol. The molecule has 0 aliphatic heterocycles. The number of rotatable bonds is 3. The van der Waals surface area contributed by atoms with Crippen molar-refractivity contribution in [1.29, 1.82) is 0 Å². The van der Waals surface area contributed by atoms with Crippen molar-refractivity contribution in [2.45, 2.75) is 39.7 Å². The minimum atomic E-state index is -0.300. The first-order chi connectivity index (χ1) is 11.8. The van der Waals surface area contributed by atoms with Crippen LogP contribution < -0.4 is 10.9 Å². The van der Waals surface area contributed by atoms with E-state index in [9.17, 15) is 9.59 Å². The lowest BCUT2D eigenvalue weighted by molar-refractivity contribution is -0.116. The van der Waals surface area contributed by atoms with Gasteiger partial charge < -0.3 is 5.32 Å². The number of benzene rings is 1. The summed E-state index contributed by atoms with van der Waals surface area (Å²) in [5, 5.41) is 5.73. The Morgan fingerprint density at radius 1 is 1.32 bits per heavy atom. The Balaban J connectivity index is 1.79. The zero-order chi connectivity index (χ0) is 18.2. The Hall–Kier alpha value is -2.54. The molecule has 130 valence electrons. The summed E-state index contributed by atoms with van der Waals surface area (Å²) in [6.45, 7) is 8.00. The molecule has 0 saturated heterocycles. The molecule has 0 unspecified atom stereocenters. The molecule has 0 spiro atoms. The fraction of sp³-hybridized carbons (Fsp3) is 0.333. The minimum Gasteiger partial charge on any atom is -0.300 e. The third kappa shape index (κ3) is 3.61. The number of nitrogens with one attached hydrogen (secondary N) is 1. The number of carbonyl (C=O) groups excluding carboxylic acids is 1. The minimum absolute atomic E-state index is 0.0729. The van der Waals surface area contributed by atoms with Crippen LogP contribution in [-0.4, -0.2) is 20.4 Å². The van der Waals surface area contributed by atoms with Crippen LogP contribution >= 0.6 is 11.3 Å². The molecule has 3 rings (SSSR count). The fourth-order valence-corrected chi connectivity index (χ4v) is 3.39. The van der Waals surface area contributed by atoms with Gasteiger partial charge in [0.15, 0.2) is 5.13 Å². The van der Waals surface area contributed by atoms with E-state index in [4.69, 9.17) is 0 Å². The van der Waals surface area contributed by atoms with Crippen molar-refractivity contribution in [3.05, 3.63) is 51.5 Å². The number of aryl methyl sites for hydroxylation is 1. The molecule has 0 radical (unpaired) electrons. The van der Waals surface area contributed by atoms with Gasteiger partial charge in [0.2, 0.25) is 5.91 Å². The van der Waals surface area contributed by atoms with Crippen LogP contribution in [0.4, 0.5) is 5.13 Å². The highest BCUT2D eigenvalue weighted by Crippen LogP contribution is 2.26. The first-order valence-electron chi connectivity index (χ1n) is 7.96. The molecule has 0 saturated carbocycles. The van der Waals surface area contributed by atoms with E-state index in [0.717, 1.165) is 11.3 Å². The summed E-state index contributed by atoms with van der Waals surface area (Å²) in [6, 6.07) is 5.44. The van der Waals surface area contributed by atoms with E-state index < -0.39 is 0 Å². The van der Waals surface area contributed by atoms with Gasteiger partial charge in [0.25, 0.3) is 5.56 Å². The lowest BCUT2D eigenvalue weighted by Crippen LogP contribution is -2.28. The third-order valence-electron chi connectivity index (χ3n) is 3.89. The van der Waals surface area contributed by atoms with E-state index in [1.54, 1.807) is 6.07 Å². The molecular formula is C18H20N4O2S. The molecule has 1 N–H and O–H groups in total. The standard InChI is InChI=1S/C18H20N4O2S/c1-11-6-5-7-12-15(11)19-10-22(16(12)24)8-14(23)21-17-20-13(9-25-17)18(2,3)4/h5-7,9-10H,8H2,1-4H3,(H,20,21,23). The van der Waals surface area contributed by atoms with Gasteiger partial charge in [-0.15, -0.1) is 11.3 Å². The van der Waals surface area contributed by atoms with Gasteiger partial charge in [-0.25, -0.2) is 9.97 Å². The van der Waals surface area contributed by atoms with E-state index >= 15 is 0 Å². The second kappa shape index (κ2) is 6.40. The van der Waals surface area contributed by atoms with E-state index in [1.165, 1.54) is 22.2 Å². The molecule has 0 aliphatic carbocycles.